The van der Waals surface area contributed by atoms with Gasteiger partial charge in [0.2, 0.25) is 10.0 Å². The number of hydrogen-bond donors (Lipinski definition) is 2. The number of benzene rings is 1. The molecule has 21 heavy (non-hydrogen) atoms. The second kappa shape index (κ2) is 9.89. The largest absolute Gasteiger partial charge is 0.385 e. The zero-order valence-electron chi connectivity index (χ0n) is 12.9. The van der Waals surface area contributed by atoms with E-state index in [4.69, 9.17) is 4.74 Å². The Kier molecular flexibility index (Phi) is 8.52. The van der Waals surface area contributed by atoms with E-state index in [0.717, 1.165) is 30.6 Å². The second-order valence-electron chi connectivity index (χ2n) is 5.00. The van der Waals surface area contributed by atoms with E-state index in [1.807, 2.05) is 24.3 Å². The van der Waals surface area contributed by atoms with Crippen molar-refractivity contribution < 1.29 is 13.2 Å². The van der Waals surface area contributed by atoms with Gasteiger partial charge in [-0.15, -0.1) is 0 Å². The molecule has 0 amide bonds. The molecule has 0 saturated heterocycles. The van der Waals surface area contributed by atoms with Crippen LogP contribution in [0.3, 0.4) is 0 Å². The van der Waals surface area contributed by atoms with Gasteiger partial charge in [0.15, 0.2) is 0 Å². The molecule has 0 bridgehead atoms. The van der Waals surface area contributed by atoms with Crippen LogP contribution in [0.25, 0.3) is 0 Å². The standard InChI is InChI=1S/C15H26N2O3S/c1-3-8-16-12-14-6-4-7-15(11-14)13-21(18,19)17-9-5-10-20-2/h4,6-7,11,16-17H,3,5,8-10,12-13H2,1-2H3. The first-order valence-electron chi connectivity index (χ1n) is 7.32. The Morgan fingerprint density at radius 1 is 1.19 bits per heavy atom. The first-order valence-corrected chi connectivity index (χ1v) is 8.97. The molecule has 120 valence electrons. The molecule has 0 aliphatic heterocycles. The minimum atomic E-state index is -3.28. The molecule has 1 aromatic carbocycles. The summed E-state index contributed by atoms with van der Waals surface area (Å²) in [7, 11) is -1.68. The first kappa shape index (κ1) is 18.1. The lowest BCUT2D eigenvalue weighted by molar-refractivity contribution is 0.196. The molecule has 0 unspecified atom stereocenters. The van der Waals surface area contributed by atoms with Crippen molar-refractivity contribution in [2.75, 3.05) is 26.8 Å². The van der Waals surface area contributed by atoms with Crippen molar-refractivity contribution in [1.82, 2.24) is 10.0 Å². The number of hydrogen-bond acceptors (Lipinski definition) is 4. The van der Waals surface area contributed by atoms with Gasteiger partial charge in [0.05, 0.1) is 5.75 Å². The van der Waals surface area contributed by atoms with Crippen LogP contribution in [0.2, 0.25) is 0 Å². The van der Waals surface area contributed by atoms with Gasteiger partial charge in [-0.05, 0) is 30.5 Å². The van der Waals surface area contributed by atoms with Gasteiger partial charge in [-0.25, -0.2) is 13.1 Å². The van der Waals surface area contributed by atoms with E-state index in [1.54, 1.807) is 7.11 Å². The van der Waals surface area contributed by atoms with Crippen molar-refractivity contribution in [1.29, 1.82) is 0 Å². The summed E-state index contributed by atoms with van der Waals surface area (Å²) in [6.45, 7) is 4.81. The molecular formula is C15H26N2O3S. The molecule has 0 heterocycles. The molecule has 0 aromatic heterocycles. The van der Waals surface area contributed by atoms with E-state index in [2.05, 4.69) is 17.0 Å². The summed E-state index contributed by atoms with van der Waals surface area (Å²) in [5, 5.41) is 3.31. The van der Waals surface area contributed by atoms with Crippen LogP contribution in [0.4, 0.5) is 0 Å². The topological polar surface area (TPSA) is 67.4 Å². The second-order valence-corrected chi connectivity index (χ2v) is 6.80. The van der Waals surface area contributed by atoms with E-state index in [0.29, 0.717) is 19.6 Å². The third-order valence-electron chi connectivity index (χ3n) is 2.95. The van der Waals surface area contributed by atoms with Crippen LogP contribution in [-0.2, 0) is 27.1 Å². The zero-order chi connectivity index (χ0) is 15.6. The zero-order valence-corrected chi connectivity index (χ0v) is 13.7. The number of methoxy groups -OCH3 is 1. The Balaban J connectivity index is 2.50. The maximum atomic E-state index is 12.0. The summed E-state index contributed by atoms with van der Waals surface area (Å²) < 4.78 is 31.4. The van der Waals surface area contributed by atoms with Crippen LogP contribution in [0.5, 0.6) is 0 Å². The normalized spacial score (nSPS) is 11.7. The highest BCUT2D eigenvalue weighted by Gasteiger charge is 2.11. The van der Waals surface area contributed by atoms with Gasteiger partial charge in [-0.3, -0.25) is 0 Å². The third kappa shape index (κ3) is 8.16. The molecule has 0 fully saturated rings. The summed E-state index contributed by atoms with van der Waals surface area (Å²) in [5.74, 6) is 0.0155. The summed E-state index contributed by atoms with van der Waals surface area (Å²) in [4.78, 5) is 0. The first-order chi connectivity index (χ1) is 10.1. The van der Waals surface area contributed by atoms with E-state index < -0.39 is 10.0 Å². The predicted octanol–water partition coefficient (Wildman–Crippen LogP) is 1.64. The average molecular weight is 314 g/mol. The van der Waals surface area contributed by atoms with Crippen LogP contribution < -0.4 is 10.0 Å². The lowest BCUT2D eigenvalue weighted by Gasteiger charge is -2.08. The quantitative estimate of drug-likeness (QED) is 0.609. The summed E-state index contributed by atoms with van der Waals surface area (Å²) in [6.07, 6.45) is 1.76. The fourth-order valence-electron chi connectivity index (χ4n) is 1.95. The Labute approximate surface area is 128 Å². The van der Waals surface area contributed by atoms with Gasteiger partial charge in [-0.1, -0.05) is 31.2 Å². The van der Waals surface area contributed by atoms with Crippen LogP contribution in [-0.4, -0.2) is 35.2 Å². The third-order valence-corrected chi connectivity index (χ3v) is 4.31. The minimum Gasteiger partial charge on any atom is -0.385 e. The average Bonchev–Trinajstić information content (AvgIpc) is 2.44. The SMILES string of the molecule is CCCNCc1cccc(CS(=O)(=O)NCCCOC)c1. The molecule has 2 N–H and O–H groups in total. The fraction of sp³-hybridized carbons (Fsp3) is 0.600. The molecule has 0 saturated carbocycles. The fourth-order valence-corrected chi connectivity index (χ4v) is 3.13. The van der Waals surface area contributed by atoms with Gasteiger partial charge in [0, 0.05) is 26.8 Å². The maximum Gasteiger partial charge on any atom is 0.215 e. The highest BCUT2D eigenvalue weighted by Crippen LogP contribution is 2.08. The molecule has 0 atom stereocenters. The van der Waals surface area contributed by atoms with Crippen molar-refractivity contribution >= 4 is 10.0 Å². The summed E-state index contributed by atoms with van der Waals surface area (Å²) >= 11 is 0. The Morgan fingerprint density at radius 2 is 1.95 bits per heavy atom. The Hall–Kier alpha value is -0.950. The van der Waals surface area contributed by atoms with Gasteiger partial charge in [0.25, 0.3) is 0 Å². The van der Waals surface area contributed by atoms with Gasteiger partial charge in [-0.2, -0.15) is 0 Å². The van der Waals surface area contributed by atoms with E-state index >= 15 is 0 Å². The van der Waals surface area contributed by atoms with Gasteiger partial charge < -0.3 is 10.1 Å². The molecule has 0 radical (unpaired) electrons. The van der Waals surface area contributed by atoms with Crippen LogP contribution >= 0.6 is 0 Å². The molecule has 0 spiro atoms. The molecule has 1 rings (SSSR count). The van der Waals surface area contributed by atoms with Crippen molar-refractivity contribution in [3.63, 3.8) is 0 Å². The highest BCUT2D eigenvalue weighted by molar-refractivity contribution is 7.88. The lowest BCUT2D eigenvalue weighted by Crippen LogP contribution is -2.26. The molecular weight excluding hydrogens is 288 g/mol. The number of ether oxygens (including phenoxy) is 1. The Morgan fingerprint density at radius 3 is 2.67 bits per heavy atom. The van der Waals surface area contributed by atoms with Crippen molar-refractivity contribution in [2.45, 2.75) is 32.1 Å². The molecule has 5 nitrogen and oxygen atoms in total. The van der Waals surface area contributed by atoms with Gasteiger partial charge in [0.1, 0.15) is 0 Å². The van der Waals surface area contributed by atoms with Crippen LogP contribution in [0, 0.1) is 0 Å². The van der Waals surface area contributed by atoms with E-state index in [-0.39, 0.29) is 5.75 Å². The lowest BCUT2D eigenvalue weighted by atomic mass is 10.1. The molecule has 0 aliphatic rings. The van der Waals surface area contributed by atoms with Crippen LogP contribution in [0.1, 0.15) is 30.9 Å². The van der Waals surface area contributed by atoms with Crippen molar-refractivity contribution in [2.24, 2.45) is 0 Å². The van der Waals surface area contributed by atoms with Crippen molar-refractivity contribution in [3.05, 3.63) is 35.4 Å². The monoisotopic (exact) mass is 314 g/mol. The summed E-state index contributed by atoms with van der Waals surface area (Å²) in [6, 6.07) is 7.69. The number of nitrogens with one attached hydrogen (secondary N) is 2. The number of rotatable bonds is 11. The minimum absolute atomic E-state index is 0.0155. The smallest absolute Gasteiger partial charge is 0.215 e. The van der Waals surface area contributed by atoms with Gasteiger partial charge >= 0.3 is 0 Å². The van der Waals surface area contributed by atoms with E-state index in [1.165, 1.54) is 0 Å². The molecule has 6 heteroatoms. The summed E-state index contributed by atoms with van der Waals surface area (Å²) in [5.41, 5.74) is 1.92. The number of sulfonamides is 1. The highest BCUT2D eigenvalue weighted by atomic mass is 32.2. The van der Waals surface area contributed by atoms with Crippen molar-refractivity contribution in [3.8, 4) is 0 Å². The molecule has 1 aromatic rings. The van der Waals surface area contributed by atoms with Crippen LogP contribution in [0.15, 0.2) is 24.3 Å². The Bertz CT molecular complexity index is 503. The predicted molar refractivity (Wildman–Crippen MR) is 85.6 cm³/mol. The maximum absolute atomic E-state index is 12.0. The van der Waals surface area contributed by atoms with E-state index in [9.17, 15) is 8.42 Å². The molecule has 0 aliphatic carbocycles.